The monoisotopic (exact) mass is 491 g/mol. The first-order chi connectivity index (χ1) is 15.5. The summed E-state index contributed by atoms with van der Waals surface area (Å²) in [7, 11) is -4.25. The highest BCUT2D eigenvalue weighted by Crippen LogP contribution is 2.34. The highest BCUT2D eigenvalue weighted by Gasteiger charge is 2.37. The molecule has 10 heteroatoms. The van der Waals surface area contributed by atoms with Gasteiger partial charge in [-0.1, -0.05) is 17.7 Å². The van der Waals surface area contributed by atoms with E-state index in [1.54, 1.807) is 41.3 Å². The van der Waals surface area contributed by atoms with Crippen molar-refractivity contribution in [2.75, 3.05) is 38.6 Å². The summed E-state index contributed by atoms with van der Waals surface area (Å²) >= 11 is 0. The fourth-order valence-electron chi connectivity index (χ4n) is 4.42. The van der Waals surface area contributed by atoms with Crippen molar-refractivity contribution in [1.82, 2.24) is 8.61 Å². The lowest BCUT2D eigenvalue weighted by Gasteiger charge is -2.33. The van der Waals surface area contributed by atoms with Crippen LogP contribution < -0.4 is 4.90 Å². The highest BCUT2D eigenvalue weighted by atomic mass is 32.2. The minimum Gasteiger partial charge on any atom is -0.312 e. The van der Waals surface area contributed by atoms with Crippen molar-refractivity contribution in [3.63, 3.8) is 0 Å². The predicted molar refractivity (Wildman–Crippen MR) is 126 cm³/mol. The van der Waals surface area contributed by atoms with Crippen LogP contribution in [0.15, 0.2) is 52.3 Å². The lowest BCUT2D eigenvalue weighted by atomic mass is 9.98. The number of sulfonamides is 2. The molecule has 2 aromatic rings. The third-order valence-electron chi connectivity index (χ3n) is 6.38. The van der Waals surface area contributed by atoms with Crippen molar-refractivity contribution in [2.24, 2.45) is 5.92 Å². The third-order valence-corrected chi connectivity index (χ3v) is 10.1. The topological polar surface area (TPSA) is 95.1 Å². The number of carbonyl (C=O) groups excluding carboxylic acids is 1. The molecule has 0 bridgehead atoms. The molecule has 2 aliphatic heterocycles. The molecular weight excluding hydrogens is 462 g/mol. The number of rotatable bonds is 5. The summed E-state index contributed by atoms with van der Waals surface area (Å²) < 4.78 is 53.7. The van der Waals surface area contributed by atoms with Crippen molar-refractivity contribution in [2.45, 2.75) is 36.0 Å². The van der Waals surface area contributed by atoms with Gasteiger partial charge in [0.1, 0.15) is 0 Å². The SMILES string of the molecule is Cc1ccc(S(=O)(=O)N2CCC[C@H](C(=O)N3CCc4cc(S(=O)(=O)N(C)C)ccc43)C2)cc1. The van der Waals surface area contributed by atoms with Crippen molar-refractivity contribution in [1.29, 1.82) is 0 Å². The number of hydrogen-bond donors (Lipinski definition) is 0. The number of anilines is 1. The van der Waals surface area contributed by atoms with Crippen LogP contribution in [-0.2, 0) is 31.3 Å². The summed E-state index contributed by atoms with van der Waals surface area (Å²) in [5, 5.41) is 0. The van der Waals surface area contributed by atoms with E-state index in [9.17, 15) is 21.6 Å². The van der Waals surface area contributed by atoms with Crippen LogP contribution in [0.3, 0.4) is 0 Å². The lowest BCUT2D eigenvalue weighted by molar-refractivity contribution is -0.123. The summed E-state index contributed by atoms with van der Waals surface area (Å²) in [6.07, 6.45) is 1.80. The molecule has 33 heavy (non-hydrogen) atoms. The Hall–Kier alpha value is -2.27. The smallest absolute Gasteiger partial charge is 0.243 e. The Kier molecular flexibility index (Phi) is 6.38. The van der Waals surface area contributed by atoms with E-state index < -0.39 is 26.0 Å². The summed E-state index contributed by atoms with van der Waals surface area (Å²) in [4.78, 5) is 15.5. The van der Waals surface area contributed by atoms with Gasteiger partial charge in [-0.15, -0.1) is 0 Å². The fourth-order valence-corrected chi connectivity index (χ4v) is 6.90. The van der Waals surface area contributed by atoms with E-state index in [1.807, 2.05) is 6.92 Å². The van der Waals surface area contributed by atoms with Gasteiger partial charge in [-0.2, -0.15) is 4.31 Å². The first-order valence-corrected chi connectivity index (χ1v) is 13.8. The Morgan fingerprint density at radius 1 is 0.970 bits per heavy atom. The van der Waals surface area contributed by atoms with Crippen LogP contribution in [0.2, 0.25) is 0 Å². The fraction of sp³-hybridized carbons (Fsp3) is 0.435. The summed E-state index contributed by atoms with van der Waals surface area (Å²) in [5.41, 5.74) is 2.50. The molecule has 2 aliphatic rings. The Morgan fingerprint density at radius 3 is 2.30 bits per heavy atom. The zero-order chi connectivity index (χ0) is 24.0. The molecule has 0 saturated carbocycles. The molecule has 0 aromatic heterocycles. The van der Waals surface area contributed by atoms with E-state index in [1.165, 1.54) is 24.5 Å². The van der Waals surface area contributed by atoms with Crippen molar-refractivity contribution in [3.8, 4) is 0 Å². The van der Waals surface area contributed by atoms with E-state index in [-0.39, 0.29) is 22.2 Å². The second-order valence-electron chi connectivity index (χ2n) is 8.83. The molecule has 8 nitrogen and oxygen atoms in total. The molecule has 178 valence electrons. The van der Waals surface area contributed by atoms with E-state index >= 15 is 0 Å². The molecule has 0 N–H and O–H groups in total. The molecular formula is C23H29N3O5S2. The van der Waals surface area contributed by atoms with Crippen LogP contribution in [0.5, 0.6) is 0 Å². The zero-order valence-corrected chi connectivity index (χ0v) is 20.7. The Labute approximate surface area is 195 Å². The van der Waals surface area contributed by atoms with Gasteiger partial charge < -0.3 is 4.90 Å². The standard InChI is InChI=1S/C23H29N3O5S2/c1-17-6-8-20(9-7-17)33(30,31)25-13-4-5-19(16-25)23(27)26-14-12-18-15-21(10-11-22(18)26)32(28,29)24(2)3/h6-11,15,19H,4-5,12-14,16H2,1-3H3/t19-/m0/s1. The lowest BCUT2D eigenvalue weighted by Crippen LogP contribution is -2.46. The van der Waals surface area contributed by atoms with Crippen LogP contribution in [0, 0.1) is 12.8 Å². The number of carbonyl (C=O) groups is 1. The van der Waals surface area contributed by atoms with Crippen LogP contribution in [0.1, 0.15) is 24.0 Å². The molecule has 0 radical (unpaired) electrons. The van der Waals surface area contributed by atoms with Gasteiger partial charge in [0.15, 0.2) is 0 Å². The van der Waals surface area contributed by atoms with Gasteiger partial charge in [0.2, 0.25) is 26.0 Å². The molecule has 0 unspecified atom stereocenters. The van der Waals surface area contributed by atoms with Gasteiger partial charge >= 0.3 is 0 Å². The number of fused-ring (bicyclic) bond motifs is 1. The Morgan fingerprint density at radius 2 is 1.64 bits per heavy atom. The van der Waals surface area contributed by atoms with E-state index in [2.05, 4.69) is 0 Å². The van der Waals surface area contributed by atoms with Gasteiger partial charge in [-0.25, -0.2) is 21.1 Å². The molecule has 1 amide bonds. The summed E-state index contributed by atoms with van der Waals surface area (Å²) in [6, 6.07) is 11.6. The quantitative estimate of drug-likeness (QED) is 0.639. The number of hydrogen-bond acceptors (Lipinski definition) is 5. The Balaban J connectivity index is 1.53. The number of benzene rings is 2. The predicted octanol–water partition coefficient (Wildman–Crippen LogP) is 2.24. The second kappa shape index (κ2) is 8.83. The van der Waals surface area contributed by atoms with Crippen LogP contribution in [0.25, 0.3) is 0 Å². The highest BCUT2D eigenvalue weighted by molar-refractivity contribution is 7.89. The van der Waals surface area contributed by atoms with Crippen molar-refractivity contribution >= 4 is 31.6 Å². The van der Waals surface area contributed by atoms with Crippen molar-refractivity contribution < 1.29 is 21.6 Å². The van der Waals surface area contributed by atoms with Gasteiger partial charge in [-0.3, -0.25) is 4.79 Å². The van der Waals surface area contributed by atoms with Gasteiger partial charge in [0, 0.05) is 39.4 Å². The van der Waals surface area contributed by atoms with E-state index in [4.69, 9.17) is 0 Å². The summed E-state index contributed by atoms with van der Waals surface area (Å²) in [5.74, 6) is -0.545. The zero-order valence-electron chi connectivity index (χ0n) is 19.1. The number of aryl methyl sites for hydroxylation is 1. The average molecular weight is 492 g/mol. The van der Waals surface area contributed by atoms with Gasteiger partial charge in [-0.05, 0) is 62.1 Å². The van der Waals surface area contributed by atoms with Gasteiger partial charge in [0.05, 0.1) is 15.7 Å². The first kappa shape index (κ1) is 23.9. The maximum absolute atomic E-state index is 13.4. The maximum atomic E-state index is 13.4. The minimum absolute atomic E-state index is 0.110. The number of nitrogens with zero attached hydrogens (tertiary/aromatic N) is 3. The van der Waals surface area contributed by atoms with Crippen LogP contribution in [0.4, 0.5) is 5.69 Å². The molecule has 0 aliphatic carbocycles. The molecule has 0 spiro atoms. The second-order valence-corrected chi connectivity index (χ2v) is 12.9. The van der Waals surface area contributed by atoms with Crippen molar-refractivity contribution in [3.05, 3.63) is 53.6 Å². The molecule has 2 heterocycles. The third kappa shape index (κ3) is 4.44. The van der Waals surface area contributed by atoms with Crippen LogP contribution in [-0.4, -0.2) is 65.1 Å². The largest absolute Gasteiger partial charge is 0.312 e. The van der Waals surface area contributed by atoms with E-state index in [0.717, 1.165) is 15.4 Å². The number of amides is 1. The van der Waals surface area contributed by atoms with Gasteiger partial charge in [0.25, 0.3) is 0 Å². The average Bonchev–Trinajstić information content (AvgIpc) is 3.22. The first-order valence-electron chi connectivity index (χ1n) is 11.0. The molecule has 1 atom stereocenters. The van der Waals surface area contributed by atoms with E-state index in [0.29, 0.717) is 38.0 Å². The minimum atomic E-state index is -3.67. The van der Waals surface area contributed by atoms with Crippen LogP contribution >= 0.6 is 0 Å². The molecule has 1 saturated heterocycles. The maximum Gasteiger partial charge on any atom is 0.243 e. The molecule has 2 aromatic carbocycles. The Bertz CT molecular complexity index is 1270. The number of piperidine rings is 1. The molecule has 4 rings (SSSR count). The normalized spacial score (nSPS) is 19.6. The summed E-state index contributed by atoms with van der Waals surface area (Å²) in [6.45, 7) is 2.90. The molecule has 1 fully saturated rings.